The Morgan fingerprint density at radius 1 is 1.32 bits per heavy atom. The van der Waals surface area contributed by atoms with Gasteiger partial charge in [0.25, 0.3) is 5.91 Å². The molecular weight excluding hydrogens is 278 g/mol. The summed E-state index contributed by atoms with van der Waals surface area (Å²) in [5.41, 5.74) is 1.59. The summed E-state index contributed by atoms with van der Waals surface area (Å²) in [4.78, 5) is 29.8. The quantitative estimate of drug-likeness (QED) is 0.924. The third-order valence-corrected chi connectivity index (χ3v) is 4.58. The van der Waals surface area contributed by atoms with Gasteiger partial charge in [0.15, 0.2) is 0 Å². The van der Waals surface area contributed by atoms with Crippen LogP contribution in [0.3, 0.4) is 0 Å². The number of pyridine rings is 1. The maximum atomic E-state index is 12.0. The molecule has 1 aromatic heterocycles. The highest BCUT2D eigenvalue weighted by atomic mass is 16.2. The molecule has 2 amide bonds. The zero-order valence-electron chi connectivity index (χ0n) is 13.0. The van der Waals surface area contributed by atoms with Gasteiger partial charge in [-0.15, -0.1) is 0 Å². The Morgan fingerprint density at radius 3 is 2.77 bits per heavy atom. The highest BCUT2D eigenvalue weighted by molar-refractivity contribution is 5.93. The molecule has 1 saturated carbocycles. The normalized spacial score (nSPS) is 21.5. The molecule has 1 unspecified atom stereocenters. The van der Waals surface area contributed by atoms with E-state index in [1.165, 1.54) is 12.8 Å². The standard InChI is InChI=1S/C17H23N3O2/c1-12(21)20-8-2-3-15(11-20)16-7-6-14(10-18-16)17(22)19-9-13-4-5-13/h6-7,10,13,15H,2-5,8-9,11H2,1H3,(H,19,22). The van der Waals surface area contributed by atoms with E-state index < -0.39 is 0 Å². The fourth-order valence-electron chi connectivity index (χ4n) is 2.95. The summed E-state index contributed by atoms with van der Waals surface area (Å²) in [7, 11) is 0. The van der Waals surface area contributed by atoms with Gasteiger partial charge in [0.1, 0.15) is 0 Å². The summed E-state index contributed by atoms with van der Waals surface area (Å²) in [5, 5.41) is 2.95. The van der Waals surface area contributed by atoms with E-state index in [4.69, 9.17) is 0 Å². The fraction of sp³-hybridized carbons (Fsp3) is 0.588. The van der Waals surface area contributed by atoms with Crippen molar-refractivity contribution in [1.82, 2.24) is 15.2 Å². The molecule has 0 bridgehead atoms. The SMILES string of the molecule is CC(=O)N1CCCC(c2ccc(C(=O)NCC3CC3)cn2)C1. The van der Waals surface area contributed by atoms with Gasteiger partial charge >= 0.3 is 0 Å². The van der Waals surface area contributed by atoms with E-state index in [1.807, 2.05) is 17.0 Å². The molecule has 1 saturated heterocycles. The van der Waals surface area contributed by atoms with Crippen LogP contribution in [0, 0.1) is 5.92 Å². The Hall–Kier alpha value is -1.91. The minimum absolute atomic E-state index is 0.0417. The van der Waals surface area contributed by atoms with E-state index in [-0.39, 0.29) is 17.7 Å². The number of nitrogens with one attached hydrogen (secondary N) is 1. The van der Waals surface area contributed by atoms with Crippen LogP contribution in [-0.2, 0) is 4.79 Å². The zero-order valence-corrected chi connectivity index (χ0v) is 13.0. The second kappa shape index (κ2) is 6.46. The molecular formula is C17H23N3O2. The number of carbonyl (C=O) groups is 2. The average molecular weight is 301 g/mol. The first-order valence-electron chi connectivity index (χ1n) is 8.13. The molecule has 1 aliphatic carbocycles. The summed E-state index contributed by atoms with van der Waals surface area (Å²) in [5.74, 6) is 1.04. The molecule has 2 heterocycles. The van der Waals surface area contributed by atoms with Crippen molar-refractivity contribution in [3.63, 3.8) is 0 Å². The lowest BCUT2D eigenvalue weighted by Gasteiger charge is -2.31. The average Bonchev–Trinajstić information content (AvgIpc) is 3.37. The van der Waals surface area contributed by atoms with Crippen molar-refractivity contribution in [3.05, 3.63) is 29.6 Å². The zero-order chi connectivity index (χ0) is 15.5. The van der Waals surface area contributed by atoms with Crippen molar-refractivity contribution in [1.29, 1.82) is 0 Å². The molecule has 22 heavy (non-hydrogen) atoms. The van der Waals surface area contributed by atoms with E-state index in [1.54, 1.807) is 13.1 Å². The Labute approximate surface area is 131 Å². The maximum Gasteiger partial charge on any atom is 0.252 e. The minimum Gasteiger partial charge on any atom is -0.352 e. The number of rotatable bonds is 4. The van der Waals surface area contributed by atoms with Gasteiger partial charge in [-0.2, -0.15) is 0 Å². The highest BCUT2D eigenvalue weighted by Gasteiger charge is 2.24. The topological polar surface area (TPSA) is 62.3 Å². The molecule has 1 N–H and O–H groups in total. The molecule has 5 nitrogen and oxygen atoms in total. The maximum absolute atomic E-state index is 12.0. The Morgan fingerprint density at radius 2 is 2.14 bits per heavy atom. The first-order chi connectivity index (χ1) is 10.6. The second-order valence-corrected chi connectivity index (χ2v) is 6.43. The lowest BCUT2D eigenvalue weighted by atomic mass is 9.94. The number of hydrogen-bond donors (Lipinski definition) is 1. The number of piperidine rings is 1. The van der Waals surface area contributed by atoms with Crippen LogP contribution < -0.4 is 5.32 Å². The van der Waals surface area contributed by atoms with Crippen molar-refractivity contribution in [3.8, 4) is 0 Å². The molecule has 0 radical (unpaired) electrons. The lowest BCUT2D eigenvalue weighted by Crippen LogP contribution is -2.37. The first-order valence-corrected chi connectivity index (χ1v) is 8.13. The van der Waals surface area contributed by atoms with Crippen molar-refractivity contribution in [2.75, 3.05) is 19.6 Å². The van der Waals surface area contributed by atoms with Gasteiger partial charge in [0.2, 0.25) is 5.91 Å². The predicted octanol–water partition coefficient (Wildman–Crippen LogP) is 1.95. The summed E-state index contributed by atoms with van der Waals surface area (Å²) < 4.78 is 0. The van der Waals surface area contributed by atoms with Crippen LogP contribution >= 0.6 is 0 Å². The van der Waals surface area contributed by atoms with Gasteiger partial charge in [-0.25, -0.2) is 0 Å². The van der Waals surface area contributed by atoms with Crippen LogP contribution in [0.1, 0.15) is 54.6 Å². The number of amides is 2. The van der Waals surface area contributed by atoms with Crippen LogP contribution in [0.25, 0.3) is 0 Å². The third-order valence-electron chi connectivity index (χ3n) is 4.58. The molecule has 2 aliphatic rings. The van der Waals surface area contributed by atoms with Crippen molar-refractivity contribution < 1.29 is 9.59 Å². The van der Waals surface area contributed by atoms with E-state index in [9.17, 15) is 9.59 Å². The molecule has 118 valence electrons. The smallest absolute Gasteiger partial charge is 0.252 e. The van der Waals surface area contributed by atoms with Crippen molar-refractivity contribution in [2.24, 2.45) is 5.92 Å². The number of likely N-dealkylation sites (tertiary alicyclic amines) is 1. The first kappa shape index (κ1) is 15.0. The number of nitrogens with zero attached hydrogens (tertiary/aromatic N) is 2. The van der Waals surface area contributed by atoms with E-state index in [0.717, 1.165) is 38.2 Å². The molecule has 2 fully saturated rings. The Balaban J connectivity index is 1.60. The molecule has 1 atom stereocenters. The number of carbonyl (C=O) groups excluding carboxylic acids is 2. The van der Waals surface area contributed by atoms with Crippen LogP contribution in [0.15, 0.2) is 18.3 Å². The van der Waals surface area contributed by atoms with E-state index >= 15 is 0 Å². The van der Waals surface area contributed by atoms with Crippen LogP contribution in [-0.4, -0.2) is 41.3 Å². The van der Waals surface area contributed by atoms with E-state index in [2.05, 4.69) is 10.3 Å². The number of aromatic nitrogens is 1. The Bertz CT molecular complexity index is 552. The van der Waals surface area contributed by atoms with Gasteiger partial charge in [-0.05, 0) is 43.7 Å². The predicted molar refractivity (Wildman–Crippen MR) is 83.5 cm³/mol. The van der Waals surface area contributed by atoms with Crippen LogP contribution in [0.2, 0.25) is 0 Å². The monoisotopic (exact) mass is 301 g/mol. The molecule has 0 aromatic carbocycles. The summed E-state index contributed by atoms with van der Waals surface area (Å²) in [6.45, 7) is 3.96. The summed E-state index contributed by atoms with van der Waals surface area (Å²) in [6, 6.07) is 3.78. The third kappa shape index (κ3) is 3.64. The van der Waals surface area contributed by atoms with Crippen molar-refractivity contribution >= 4 is 11.8 Å². The van der Waals surface area contributed by atoms with Gasteiger partial charge < -0.3 is 10.2 Å². The van der Waals surface area contributed by atoms with Crippen LogP contribution in [0.5, 0.6) is 0 Å². The van der Waals surface area contributed by atoms with Gasteiger partial charge in [0.05, 0.1) is 5.56 Å². The van der Waals surface area contributed by atoms with Gasteiger partial charge in [-0.1, -0.05) is 0 Å². The minimum atomic E-state index is -0.0417. The van der Waals surface area contributed by atoms with Crippen molar-refractivity contribution in [2.45, 2.75) is 38.5 Å². The molecule has 1 aliphatic heterocycles. The molecule has 0 spiro atoms. The second-order valence-electron chi connectivity index (χ2n) is 6.43. The van der Waals surface area contributed by atoms with Crippen LogP contribution in [0.4, 0.5) is 0 Å². The number of hydrogen-bond acceptors (Lipinski definition) is 3. The Kier molecular flexibility index (Phi) is 4.41. The summed E-state index contributed by atoms with van der Waals surface area (Å²) in [6.07, 6.45) is 6.17. The largest absolute Gasteiger partial charge is 0.352 e. The molecule has 5 heteroatoms. The van der Waals surface area contributed by atoms with E-state index in [0.29, 0.717) is 11.5 Å². The lowest BCUT2D eigenvalue weighted by molar-refractivity contribution is -0.130. The molecule has 1 aromatic rings. The molecule has 3 rings (SSSR count). The summed E-state index contributed by atoms with van der Waals surface area (Å²) >= 11 is 0. The fourth-order valence-corrected chi connectivity index (χ4v) is 2.95. The van der Waals surface area contributed by atoms with Gasteiger partial charge in [0, 0.05) is 44.4 Å². The van der Waals surface area contributed by atoms with Gasteiger partial charge in [-0.3, -0.25) is 14.6 Å². The highest BCUT2D eigenvalue weighted by Crippen LogP contribution is 2.28.